The fourth-order valence-electron chi connectivity index (χ4n) is 1.04. The van der Waals surface area contributed by atoms with E-state index in [2.05, 4.69) is 0 Å². The van der Waals surface area contributed by atoms with Crippen molar-refractivity contribution in [3.05, 3.63) is 0 Å². The van der Waals surface area contributed by atoms with Crippen LogP contribution in [0.15, 0.2) is 0 Å². The van der Waals surface area contributed by atoms with Gasteiger partial charge >= 0.3 is 15.2 Å². The Balaban J connectivity index is 3.78. The molecule has 8 nitrogen and oxygen atoms in total. The Morgan fingerprint density at radius 2 is 1.06 bits per heavy atom. The number of nitrogens with two attached hydrogens (primary N) is 2. The molecule has 0 saturated heterocycles. The van der Waals surface area contributed by atoms with Gasteiger partial charge < -0.3 is 31.0 Å². The molecule has 0 aliphatic rings. The van der Waals surface area contributed by atoms with Crippen LogP contribution in [0.25, 0.3) is 0 Å². The molecule has 0 amide bonds. The van der Waals surface area contributed by atoms with Crippen LogP contribution in [0.4, 0.5) is 0 Å². The second kappa shape index (κ2) is 6.23. The third kappa shape index (κ3) is 6.73. The van der Waals surface area contributed by atoms with Crippen molar-refractivity contribution in [1.29, 1.82) is 0 Å². The Bertz CT molecular complexity index is 269. The van der Waals surface area contributed by atoms with Crippen LogP contribution in [-0.2, 0) is 9.13 Å². The highest BCUT2D eigenvalue weighted by Gasteiger charge is 2.26. The van der Waals surface area contributed by atoms with Gasteiger partial charge in [-0.2, -0.15) is 0 Å². The lowest BCUT2D eigenvalue weighted by atomic mass is 10.2. The van der Waals surface area contributed by atoms with Crippen LogP contribution in [0.1, 0.15) is 25.7 Å². The van der Waals surface area contributed by atoms with Crippen molar-refractivity contribution in [2.24, 2.45) is 11.5 Å². The van der Waals surface area contributed by atoms with Gasteiger partial charge in [-0.1, -0.05) is 12.8 Å². The molecule has 0 spiro atoms. The van der Waals surface area contributed by atoms with Crippen LogP contribution >= 0.6 is 15.2 Å². The Morgan fingerprint density at radius 3 is 1.25 bits per heavy atom. The summed E-state index contributed by atoms with van der Waals surface area (Å²) in [6.45, 7) is 0. The maximum absolute atomic E-state index is 10.6. The minimum absolute atomic E-state index is 0.0954. The van der Waals surface area contributed by atoms with Crippen molar-refractivity contribution < 1.29 is 28.7 Å². The lowest BCUT2D eigenvalue weighted by Gasteiger charge is -2.15. The maximum Gasteiger partial charge on any atom is 0.342 e. The molecule has 0 radical (unpaired) electrons. The molecule has 0 bridgehead atoms. The summed E-state index contributed by atoms with van der Waals surface area (Å²) in [5.74, 6) is -2.45. The first-order valence-corrected chi connectivity index (χ1v) is 8.03. The third-order valence-electron chi connectivity index (χ3n) is 2.11. The normalized spacial score (nSPS) is 17.1. The van der Waals surface area contributed by atoms with Gasteiger partial charge in [0.25, 0.3) is 0 Å². The van der Waals surface area contributed by atoms with E-state index < -0.39 is 26.8 Å². The molecule has 16 heavy (non-hydrogen) atoms. The smallest absolute Gasteiger partial charge is 0.323 e. The molecular weight excluding hydrogens is 258 g/mol. The van der Waals surface area contributed by atoms with Crippen LogP contribution in [0, 0.1) is 0 Å². The van der Waals surface area contributed by atoms with Gasteiger partial charge in [-0.15, -0.1) is 0 Å². The molecule has 98 valence electrons. The van der Waals surface area contributed by atoms with Gasteiger partial charge in [-0.05, 0) is 12.8 Å². The summed E-state index contributed by atoms with van der Waals surface area (Å²) in [5.41, 5.74) is 10.4. The molecule has 0 aromatic carbocycles. The molecule has 0 aromatic rings. The molecule has 8 N–H and O–H groups in total. The zero-order valence-electron chi connectivity index (χ0n) is 8.64. The van der Waals surface area contributed by atoms with Gasteiger partial charge in [-0.3, -0.25) is 9.13 Å². The number of hydrogen-bond acceptors (Lipinski definition) is 4. The molecule has 0 fully saturated rings. The molecule has 0 aliphatic carbocycles. The lowest BCUT2D eigenvalue weighted by molar-refractivity contribution is 0.346. The fraction of sp³-hybridized carbons (Fsp3) is 1.00. The molecule has 10 heteroatoms. The Hall–Kier alpha value is 0.220. The zero-order valence-corrected chi connectivity index (χ0v) is 10.4. The van der Waals surface area contributed by atoms with E-state index in [1.165, 1.54) is 0 Å². The van der Waals surface area contributed by atoms with E-state index in [0.29, 0.717) is 12.8 Å². The number of hydrogen-bond donors (Lipinski definition) is 6. The van der Waals surface area contributed by atoms with Gasteiger partial charge in [0, 0.05) is 0 Å². The first-order chi connectivity index (χ1) is 7.05. The van der Waals surface area contributed by atoms with Gasteiger partial charge in [0.1, 0.15) is 11.6 Å². The van der Waals surface area contributed by atoms with E-state index in [9.17, 15) is 9.13 Å². The topological polar surface area (TPSA) is 167 Å². The lowest BCUT2D eigenvalue weighted by Crippen LogP contribution is -2.21. The van der Waals surface area contributed by atoms with E-state index in [1.807, 2.05) is 0 Å². The summed E-state index contributed by atoms with van der Waals surface area (Å²) in [6, 6.07) is 0. The van der Waals surface area contributed by atoms with Crippen molar-refractivity contribution in [3.63, 3.8) is 0 Å². The first-order valence-electron chi connectivity index (χ1n) is 4.66. The molecular formula is C6H18N2O6P2. The van der Waals surface area contributed by atoms with Gasteiger partial charge in [0.15, 0.2) is 0 Å². The summed E-state index contributed by atoms with van der Waals surface area (Å²) in [5, 5.41) is 0. The predicted molar refractivity (Wildman–Crippen MR) is 58.5 cm³/mol. The standard InChI is InChI=1S/C6H18N2O6P2/c7-5(15(9,10)11)3-1-2-4-6(8)16(12,13)14/h5-6H,1-4,7-8H2,(H2,9,10,11)(H2,12,13,14). The summed E-state index contributed by atoms with van der Waals surface area (Å²) in [4.78, 5) is 34.6. The average molecular weight is 276 g/mol. The van der Waals surface area contributed by atoms with Crippen LogP contribution < -0.4 is 11.5 Å². The quantitative estimate of drug-likeness (QED) is 0.266. The van der Waals surface area contributed by atoms with Gasteiger partial charge in [-0.25, -0.2) is 0 Å². The summed E-state index contributed by atoms with van der Waals surface area (Å²) >= 11 is 0. The van der Waals surface area contributed by atoms with E-state index in [0.717, 1.165) is 0 Å². The van der Waals surface area contributed by atoms with Crippen LogP contribution in [0.2, 0.25) is 0 Å². The minimum Gasteiger partial charge on any atom is -0.323 e. The van der Waals surface area contributed by atoms with Crippen molar-refractivity contribution in [2.45, 2.75) is 37.2 Å². The SMILES string of the molecule is NC(CCCCC(N)P(=O)(O)O)P(=O)(O)O. The molecule has 0 heterocycles. The van der Waals surface area contributed by atoms with Gasteiger partial charge in [0.05, 0.1) is 0 Å². The monoisotopic (exact) mass is 276 g/mol. The van der Waals surface area contributed by atoms with E-state index >= 15 is 0 Å². The summed E-state index contributed by atoms with van der Waals surface area (Å²) in [6.07, 6.45) is 0.913. The highest BCUT2D eigenvalue weighted by Crippen LogP contribution is 2.42. The van der Waals surface area contributed by atoms with Gasteiger partial charge in [0.2, 0.25) is 0 Å². The molecule has 0 saturated carbocycles. The number of unbranched alkanes of at least 4 members (excludes halogenated alkanes) is 1. The molecule has 0 aliphatic heterocycles. The highest BCUT2D eigenvalue weighted by molar-refractivity contribution is 7.52. The predicted octanol–water partition coefficient (Wildman–Crippen LogP) is -0.528. The average Bonchev–Trinajstić information content (AvgIpc) is 2.08. The largest absolute Gasteiger partial charge is 0.342 e. The highest BCUT2D eigenvalue weighted by atomic mass is 31.2. The van der Waals surface area contributed by atoms with Crippen molar-refractivity contribution in [3.8, 4) is 0 Å². The second-order valence-electron chi connectivity index (χ2n) is 3.60. The summed E-state index contributed by atoms with van der Waals surface area (Å²) in [7, 11) is -8.52. The van der Waals surface area contributed by atoms with E-state index in [-0.39, 0.29) is 12.8 Å². The minimum atomic E-state index is -4.26. The van der Waals surface area contributed by atoms with Crippen LogP contribution in [-0.4, -0.2) is 31.1 Å². The van der Waals surface area contributed by atoms with Crippen molar-refractivity contribution >= 4 is 15.2 Å². The van der Waals surface area contributed by atoms with Crippen LogP contribution in [0.5, 0.6) is 0 Å². The number of rotatable bonds is 7. The van der Waals surface area contributed by atoms with E-state index in [1.54, 1.807) is 0 Å². The molecule has 2 atom stereocenters. The van der Waals surface area contributed by atoms with Crippen molar-refractivity contribution in [2.75, 3.05) is 0 Å². The summed E-state index contributed by atoms with van der Waals surface area (Å²) < 4.78 is 21.3. The molecule has 0 rings (SSSR count). The Morgan fingerprint density at radius 1 is 0.812 bits per heavy atom. The first kappa shape index (κ1) is 16.2. The second-order valence-corrected chi connectivity index (χ2v) is 7.28. The Labute approximate surface area is 93.3 Å². The van der Waals surface area contributed by atoms with E-state index in [4.69, 9.17) is 31.0 Å². The molecule has 0 aromatic heterocycles. The van der Waals surface area contributed by atoms with Crippen molar-refractivity contribution in [1.82, 2.24) is 0 Å². The Kier molecular flexibility index (Phi) is 6.32. The zero-order chi connectivity index (χ0) is 13.0. The molecule has 2 unspecified atom stereocenters. The third-order valence-corrected chi connectivity index (χ3v) is 4.36. The maximum atomic E-state index is 10.6. The van der Waals surface area contributed by atoms with Crippen LogP contribution in [0.3, 0.4) is 0 Å². The fourth-order valence-corrected chi connectivity index (χ4v) is 2.08.